The molecule has 0 spiro atoms. The second-order valence-corrected chi connectivity index (χ2v) is 154. The fraction of sp³-hybridized carbons (Fsp3) is 1.00. The van der Waals surface area contributed by atoms with Crippen LogP contribution in [0, 0.1) is 0 Å². The average Bonchev–Trinajstić information content (AvgIpc) is 2.84. The fourth-order valence-corrected chi connectivity index (χ4v) is 289. The molecule has 0 saturated carbocycles. The van der Waals surface area contributed by atoms with Gasteiger partial charge in [-0.3, -0.25) is 0 Å². The topological polar surface area (TPSA) is 0 Å². The highest BCUT2D eigenvalue weighted by Gasteiger charge is 2.64. The number of hydrogen-bond donors (Lipinski definition) is 0. The lowest BCUT2D eigenvalue weighted by Gasteiger charge is -2.62. The van der Waals surface area contributed by atoms with Crippen molar-refractivity contribution in [2.24, 2.45) is 0 Å². The Balaban J connectivity index is 0.000000337. The summed E-state index contributed by atoms with van der Waals surface area (Å²) < 4.78 is 0. The molecular formula is C30H90Si15. The van der Waals surface area contributed by atoms with Gasteiger partial charge in [-0.15, -0.1) is 0 Å². The van der Waals surface area contributed by atoms with Gasteiger partial charge in [0.15, 0.2) is 0 Å². The van der Waals surface area contributed by atoms with E-state index in [1.807, 2.05) is 5.67 Å². The lowest BCUT2D eigenvalue weighted by atomic mass is 11.7. The maximum atomic E-state index is 2.79. The molecule has 6 unspecified atom stereocenters. The zero-order valence-electron chi connectivity index (χ0n) is 36.2. The van der Waals surface area contributed by atoms with Crippen molar-refractivity contribution in [3.05, 3.63) is 0 Å². The van der Waals surface area contributed by atoms with Crippen LogP contribution in [0.2, 0.25) is 191 Å². The molecule has 0 aromatic heterocycles. The summed E-state index contributed by atoms with van der Waals surface area (Å²) in [5.41, 5.74) is 10.8. The Kier molecular flexibility index (Phi) is 15.7. The third-order valence-electron chi connectivity index (χ3n) is 18.3. The Hall–Kier alpha value is 3.25. The van der Waals surface area contributed by atoms with E-state index in [1.54, 1.807) is 28.3 Å². The van der Waals surface area contributed by atoms with Gasteiger partial charge in [-0.2, -0.15) is 0 Å². The van der Waals surface area contributed by atoms with Crippen molar-refractivity contribution in [1.82, 2.24) is 0 Å². The Morgan fingerprint density at radius 1 is 0.311 bits per heavy atom. The smallest absolute Gasteiger partial charge is 0.0355 e. The van der Waals surface area contributed by atoms with Crippen LogP contribution in [0.15, 0.2) is 0 Å². The lowest BCUT2D eigenvalue weighted by molar-refractivity contribution is 1.55. The van der Waals surface area contributed by atoms with Crippen molar-refractivity contribution in [3.8, 4) is 0 Å². The van der Waals surface area contributed by atoms with Gasteiger partial charge in [0, 0.05) is 117 Å². The number of hydrogen-bond acceptors (Lipinski definition) is 0. The van der Waals surface area contributed by atoms with Gasteiger partial charge in [0.05, 0.1) is 0 Å². The van der Waals surface area contributed by atoms with E-state index in [9.17, 15) is 0 Å². The van der Waals surface area contributed by atoms with E-state index >= 15 is 0 Å². The van der Waals surface area contributed by atoms with Gasteiger partial charge >= 0.3 is 0 Å². The van der Waals surface area contributed by atoms with Gasteiger partial charge in [0.2, 0.25) is 0 Å². The van der Waals surface area contributed by atoms with E-state index in [-0.39, 0.29) is 50.9 Å². The van der Waals surface area contributed by atoms with E-state index in [4.69, 9.17) is 0 Å². The van der Waals surface area contributed by atoms with E-state index < -0.39 is 65.9 Å². The quantitative estimate of drug-likeness (QED) is 0.213. The summed E-state index contributed by atoms with van der Waals surface area (Å²) in [6.07, 6.45) is 0. The highest BCUT2D eigenvalue weighted by molar-refractivity contribution is 7.93. The third kappa shape index (κ3) is 9.63. The molecular weight excluding hydrogens is 782 g/mol. The average molecular weight is 872 g/mol. The Labute approximate surface area is 305 Å². The maximum absolute atomic E-state index is 2.79. The van der Waals surface area contributed by atoms with Crippen LogP contribution < -0.4 is 0 Å². The van der Waals surface area contributed by atoms with Crippen molar-refractivity contribution in [1.29, 1.82) is 0 Å². The van der Waals surface area contributed by atoms with E-state index in [2.05, 4.69) is 157 Å². The van der Waals surface area contributed by atoms with E-state index in [1.165, 1.54) is 0 Å². The minimum absolute atomic E-state index is 0.244. The molecule has 0 bridgehead atoms. The predicted octanol–water partition coefficient (Wildman–Crippen LogP) is 9.46. The van der Waals surface area contributed by atoms with Crippen LogP contribution in [-0.4, -0.2) is 117 Å². The summed E-state index contributed by atoms with van der Waals surface area (Å²) in [6.45, 7) is 66.0. The highest BCUT2D eigenvalue weighted by atomic mass is 29.9. The first kappa shape index (κ1) is 46.3. The third-order valence-corrected chi connectivity index (χ3v) is 242. The summed E-state index contributed by atoms with van der Waals surface area (Å²) in [4.78, 5) is 0. The molecule has 3 rings (SSSR count). The molecule has 0 aromatic carbocycles. The highest BCUT2D eigenvalue weighted by Crippen LogP contribution is 2.44. The largest absolute Gasteiger partial charge is 0.0743 e. The number of rotatable bonds is 0. The summed E-state index contributed by atoms with van der Waals surface area (Å²) in [5, 5.41) is 0. The van der Waals surface area contributed by atoms with Crippen molar-refractivity contribution < 1.29 is 0 Å². The predicted molar refractivity (Wildman–Crippen MR) is 264 cm³/mol. The molecule has 3 saturated heterocycles. The Morgan fingerprint density at radius 3 is 1.16 bits per heavy atom. The summed E-state index contributed by atoms with van der Waals surface area (Å²) in [7, 11) is -8.87. The summed E-state index contributed by atoms with van der Waals surface area (Å²) in [6, 6.07) is 0. The molecule has 0 aliphatic carbocycles. The molecule has 45 heavy (non-hydrogen) atoms. The molecule has 0 radical (unpaired) electrons. The molecule has 3 fully saturated rings. The molecule has 0 amide bonds. The Bertz CT molecular complexity index is 982. The van der Waals surface area contributed by atoms with Crippen molar-refractivity contribution in [2.75, 3.05) is 0 Å². The van der Waals surface area contributed by atoms with Crippen LogP contribution in [0.25, 0.3) is 0 Å². The van der Waals surface area contributed by atoms with Crippen LogP contribution in [0.3, 0.4) is 0 Å². The molecule has 6 atom stereocenters. The van der Waals surface area contributed by atoms with Crippen LogP contribution >= 0.6 is 0 Å². The Morgan fingerprint density at radius 2 is 0.689 bits per heavy atom. The molecule has 3 heterocycles. The van der Waals surface area contributed by atoms with Gasteiger partial charge in [0.25, 0.3) is 0 Å². The first-order valence-corrected chi connectivity index (χ1v) is 73.1. The fourth-order valence-electron chi connectivity index (χ4n) is 10.3. The zero-order valence-corrected chi connectivity index (χ0v) is 52.1. The van der Waals surface area contributed by atoms with Crippen molar-refractivity contribution in [2.45, 2.75) is 191 Å². The van der Waals surface area contributed by atoms with Crippen molar-refractivity contribution >= 4 is 117 Å². The van der Waals surface area contributed by atoms with Crippen LogP contribution in [-0.2, 0) is 0 Å². The minimum Gasteiger partial charge on any atom is -0.0743 e. The van der Waals surface area contributed by atoms with Gasteiger partial charge in [-0.1, -0.05) is 191 Å². The van der Waals surface area contributed by atoms with Crippen LogP contribution in [0.4, 0.5) is 0 Å². The van der Waals surface area contributed by atoms with Crippen LogP contribution in [0.1, 0.15) is 0 Å². The lowest BCUT2D eigenvalue weighted by Crippen LogP contribution is -2.87. The summed E-state index contributed by atoms with van der Waals surface area (Å²) >= 11 is 0. The monoisotopic (exact) mass is 870 g/mol. The van der Waals surface area contributed by atoms with Crippen molar-refractivity contribution in [3.63, 3.8) is 0 Å². The normalized spacial score (nSPS) is 38.4. The molecule has 270 valence electrons. The van der Waals surface area contributed by atoms with E-state index in [0.29, 0.717) is 0 Å². The minimum atomic E-state index is -0.849. The first-order valence-electron chi connectivity index (χ1n) is 19.5. The van der Waals surface area contributed by atoms with Gasteiger partial charge < -0.3 is 0 Å². The molecule has 0 N–H and O–H groups in total. The zero-order chi connectivity index (χ0) is 36.2. The van der Waals surface area contributed by atoms with Crippen LogP contribution in [0.5, 0.6) is 0 Å². The molecule has 0 nitrogen and oxygen atoms in total. The standard InChI is InChI=1S/3C10H30Si5/c1-11-10-14(5,6)15(7,8)12(2)9-13(11,3)4;1-11-10-12(2,3)14(6,7)15(8,9)13(11,4)5;1-11-8-12(2)10-14(4,5)15(6,7)13(3)9-11/h11-12H,9-10H2,1-8H3;11H,10H2,1-9H3;11-13H,8-10H2,1-7H3. The van der Waals surface area contributed by atoms with Gasteiger partial charge in [-0.25, -0.2) is 0 Å². The van der Waals surface area contributed by atoms with Gasteiger partial charge in [-0.05, 0) is 0 Å². The maximum Gasteiger partial charge on any atom is 0.0355 e. The second kappa shape index (κ2) is 15.3. The molecule has 15 heteroatoms. The second-order valence-electron chi connectivity index (χ2n) is 23.2. The molecule has 0 aromatic rings. The van der Waals surface area contributed by atoms with E-state index in [0.717, 1.165) is 0 Å². The first-order chi connectivity index (χ1) is 19.5. The molecule has 3 aliphatic heterocycles. The molecule has 3 aliphatic rings. The van der Waals surface area contributed by atoms with Gasteiger partial charge in [0.1, 0.15) is 0 Å². The SMILES string of the molecule is C[SiH]1C[SiH](C)C[Si](C)(C)[Si](C)(C)[SiH](C)C1.C[SiH]1C[Si](C)(C)[Si](C)(C)[SiH](C)C[Si]1(C)C.C[SiH]1C[Si](C)(C)[Si](C)(C)[Si](C)(C)[Si]1(C)C. The summed E-state index contributed by atoms with van der Waals surface area (Å²) in [5.74, 6) is 0.